The summed E-state index contributed by atoms with van der Waals surface area (Å²) in [5, 5.41) is 9.54. The van der Waals surface area contributed by atoms with Crippen molar-refractivity contribution in [1.29, 1.82) is 0 Å². The molecule has 0 saturated heterocycles. The lowest BCUT2D eigenvalue weighted by Gasteiger charge is -2.26. The van der Waals surface area contributed by atoms with Gasteiger partial charge in [0.05, 0.1) is 11.8 Å². The highest BCUT2D eigenvalue weighted by molar-refractivity contribution is 5.96. The molecule has 0 spiro atoms. The first-order chi connectivity index (χ1) is 7.57. The van der Waals surface area contributed by atoms with Crippen LogP contribution in [0.4, 0.5) is 0 Å². The van der Waals surface area contributed by atoms with Crippen molar-refractivity contribution in [2.45, 2.75) is 19.9 Å². The fraction of sp³-hybridized carbons (Fsp3) is 0.455. The summed E-state index contributed by atoms with van der Waals surface area (Å²) in [7, 11) is 0. The van der Waals surface area contributed by atoms with Gasteiger partial charge >= 0.3 is 0 Å². The Hall–Kier alpha value is -1.62. The van der Waals surface area contributed by atoms with E-state index in [9.17, 15) is 9.90 Å². The predicted octanol–water partition coefficient (Wildman–Crippen LogP) is 0.596. The Morgan fingerprint density at radius 2 is 2.31 bits per heavy atom. The average Bonchev–Trinajstić information content (AvgIpc) is 2.25. The van der Waals surface area contributed by atoms with E-state index in [1.807, 2.05) is 13.8 Å². The molecular weight excluding hydrogens is 206 g/mol. The Kier molecular flexibility index (Phi) is 4.25. The van der Waals surface area contributed by atoms with E-state index in [-0.39, 0.29) is 23.3 Å². The lowest BCUT2D eigenvalue weighted by molar-refractivity contribution is 0.0708. The van der Waals surface area contributed by atoms with Gasteiger partial charge in [0, 0.05) is 25.3 Å². The van der Waals surface area contributed by atoms with Crippen LogP contribution < -0.4 is 5.73 Å². The molecule has 0 aliphatic heterocycles. The minimum absolute atomic E-state index is 0.0450. The molecule has 0 fully saturated rings. The van der Waals surface area contributed by atoms with Gasteiger partial charge in [-0.2, -0.15) is 0 Å². The number of carbonyl (C=O) groups excluding carboxylic acids is 1. The SMILES string of the molecule is CC(C)N(CCN)C(=O)c1ccncc1O. The van der Waals surface area contributed by atoms with E-state index in [0.717, 1.165) is 0 Å². The summed E-state index contributed by atoms with van der Waals surface area (Å²) in [6.45, 7) is 4.69. The zero-order valence-corrected chi connectivity index (χ0v) is 9.55. The van der Waals surface area contributed by atoms with E-state index < -0.39 is 0 Å². The highest BCUT2D eigenvalue weighted by atomic mass is 16.3. The van der Waals surface area contributed by atoms with Crippen molar-refractivity contribution < 1.29 is 9.90 Å². The first kappa shape index (κ1) is 12.4. The summed E-state index contributed by atoms with van der Waals surface area (Å²) >= 11 is 0. The number of aromatic nitrogens is 1. The Bertz CT molecular complexity index is 366. The molecule has 0 radical (unpaired) electrons. The van der Waals surface area contributed by atoms with Gasteiger partial charge in [-0.15, -0.1) is 0 Å². The Labute approximate surface area is 94.9 Å². The summed E-state index contributed by atoms with van der Waals surface area (Å²) < 4.78 is 0. The second-order valence-corrected chi connectivity index (χ2v) is 3.77. The van der Waals surface area contributed by atoms with Crippen molar-refractivity contribution in [2.24, 2.45) is 5.73 Å². The van der Waals surface area contributed by atoms with E-state index in [0.29, 0.717) is 13.1 Å². The monoisotopic (exact) mass is 223 g/mol. The molecule has 1 rings (SSSR count). The number of nitrogens with zero attached hydrogens (tertiary/aromatic N) is 2. The van der Waals surface area contributed by atoms with Crippen LogP contribution in [0, 0.1) is 0 Å². The number of carbonyl (C=O) groups is 1. The summed E-state index contributed by atoms with van der Waals surface area (Å²) in [6.07, 6.45) is 2.74. The van der Waals surface area contributed by atoms with Gasteiger partial charge in [0.2, 0.25) is 0 Å². The first-order valence-electron chi connectivity index (χ1n) is 5.22. The summed E-state index contributed by atoms with van der Waals surface area (Å²) in [5.41, 5.74) is 5.71. The van der Waals surface area contributed by atoms with Crippen molar-refractivity contribution in [1.82, 2.24) is 9.88 Å². The molecule has 1 aromatic heterocycles. The number of amides is 1. The highest BCUT2D eigenvalue weighted by Gasteiger charge is 2.20. The Balaban J connectivity index is 2.95. The lowest BCUT2D eigenvalue weighted by atomic mass is 10.2. The molecule has 0 aromatic carbocycles. The number of pyridine rings is 1. The van der Waals surface area contributed by atoms with E-state index >= 15 is 0 Å². The third-order valence-electron chi connectivity index (χ3n) is 2.28. The van der Waals surface area contributed by atoms with E-state index in [1.54, 1.807) is 4.90 Å². The minimum atomic E-state index is -0.222. The molecule has 0 atom stereocenters. The molecular formula is C11H17N3O2. The van der Waals surface area contributed by atoms with E-state index in [2.05, 4.69) is 4.98 Å². The molecule has 3 N–H and O–H groups in total. The second-order valence-electron chi connectivity index (χ2n) is 3.77. The van der Waals surface area contributed by atoms with Crippen molar-refractivity contribution in [3.63, 3.8) is 0 Å². The lowest BCUT2D eigenvalue weighted by Crippen LogP contribution is -2.40. The fourth-order valence-corrected chi connectivity index (χ4v) is 1.46. The summed E-state index contributed by atoms with van der Waals surface area (Å²) in [6, 6.07) is 1.55. The van der Waals surface area contributed by atoms with E-state index in [4.69, 9.17) is 5.73 Å². The average molecular weight is 223 g/mol. The molecule has 1 amide bonds. The maximum atomic E-state index is 12.1. The van der Waals surface area contributed by atoms with Crippen LogP contribution >= 0.6 is 0 Å². The number of nitrogens with two attached hydrogens (primary N) is 1. The van der Waals surface area contributed by atoms with Gasteiger partial charge in [0.25, 0.3) is 5.91 Å². The minimum Gasteiger partial charge on any atom is -0.505 e. The zero-order valence-electron chi connectivity index (χ0n) is 9.55. The van der Waals surface area contributed by atoms with Crippen LogP contribution in [-0.4, -0.2) is 40.0 Å². The normalized spacial score (nSPS) is 10.5. The maximum Gasteiger partial charge on any atom is 0.258 e. The quantitative estimate of drug-likeness (QED) is 0.783. The second kappa shape index (κ2) is 5.46. The standard InChI is InChI=1S/C11H17N3O2/c1-8(2)14(6-4-12)11(16)9-3-5-13-7-10(9)15/h3,5,7-8,15H,4,6,12H2,1-2H3. The summed E-state index contributed by atoms with van der Waals surface area (Å²) in [5.74, 6) is -0.324. The maximum absolute atomic E-state index is 12.1. The smallest absolute Gasteiger partial charge is 0.258 e. The van der Waals surface area contributed by atoms with Crippen LogP contribution in [0.15, 0.2) is 18.5 Å². The predicted molar refractivity (Wildman–Crippen MR) is 61.1 cm³/mol. The molecule has 0 unspecified atom stereocenters. The zero-order chi connectivity index (χ0) is 12.1. The fourth-order valence-electron chi connectivity index (χ4n) is 1.46. The molecule has 5 nitrogen and oxygen atoms in total. The molecule has 0 aliphatic rings. The third kappa shape index (κ3) is 2.70. The topological polar surface area (TPSA) is 79.5 Å². The molecule has 1 aromatic rings. The van der Waals surface area contributed by atoms with Crippen LogP contribution in [0.5, 0.6) is 5.75 Å². The van der Waals surface area contributed by atoms with Gasteiger partial charge in [0.1, 0.15) is 5.75 Å². The summed E-state index contributed by atoms with van der Waals surface area (Å²) in [4.78, 5) is 17.4. The Morgan fingerprint density at radius 3 is 2.81 bits per heavy atom. The molecule has 0 bridgehead atoms. The van der Waals surface area contributed by atoms with Gasteiger partial charge in [-0.25, -0.2) is 0 Å². The number of hydrogen-bond donors (Lipinski definition) is 2. The van der Waals surface area contributed by atoms with Gasteiger partial charge in [-0.1, -0.05) is 0 Å². The molecule has 5 heteroatoms. The van der Waals surface area contributed by atoms with E-state index in [1.165, 1.54) is 18.5 Å². The number of rotatable bonds is 4. The van der Waals surface area contributed by atoms with Crippen LogP contribution in [0.2, 0.25) is 0 Å². The van der Waals surface area contributed by atoms with Crippen molar-refractivity contribution in [2.75, 3.05) is 13.1 Å². The Morgan fingerprint density at radius 1 is 1.62 bits per heavy atom. The van der Waals surface area contributed by atoms with Crippen LogP contribution in [0.25, 0.3) is 0 Å². The largest absolute Gasteiger partial charge is 0.505 e. The molecule has 88 valence electrons. The third-order valence-corrected chi connectivity index (χ3v) is 2.28. The van der Waals surface area contributed by atoms with Crippen molar-refractivity contribution >= 4 is 5.91 Å². The molecule has 1 heterocycles. The first-order valence-corrected chi connectivity index (χ1v) is 5.22. The van der Waals surface area contributed by atoms with Gasteiger partial charge < -0.3 is 15.7 Å². The van der Waals surface area contributed by atoms with Crippen molar-refractivity contribution in [3.05, 3.63) is 24.0 Å². The van der Waals surface area contributed by atoms with Crippen LogP contribution in [0.1, 0.15) is 24.2 Å². The van der Waals surface area contributed by atoms with Gasteiger partial charge in [-0.05, 0) is 19.9 Å². The van der Waals surface area contributed by atoms with Crippen LogP contribution in [0.3, 0.4) is 0 Å². The highest BCUT2D eigenvalue weighted by Crippen LogP contribution is 2.17. The number of aromatic hydroxyl groups is 1. The molecule has 16 heavy (non-hydrogen) atoms. The van der Waals surface area contributed by atoms with Gasteiger partial charge in [-0.3, -0.25) is 9.78 Å². The van der Waals surface area contributed by atoms with Crippen LogP contribution in [-0.2, 0) is 0 Å². The molecule has 0 saturated carbocycles. The van der Waals surface area contributed by atoms with Gasteiger partial charge in [0.15, 0.2) is 0 Å². The number of hydrogen-bond acceptors (Lipinski definition) is 4. The molecule has 0 aliphatic carbocycles. The van der Waals surface area contributed by atoms with Crippen molar-refractivity contribution in [3.8, 4) is 5.75 Å².